The van der Waals surface area contributed by atoms with Crippen molar-refractivity contribution in [1.82, 2.24) is 0 Å². The Morgan fingerprint density at radius 2 is 1.69 bits per heavy atom. The van der Waals surface area contributed by atoms with E-state index in [0.717, 1.165) is 5.75 Å². The lowest BCUT2D eigenvalue weighted by atomic mass is 10.1. The van der Waals surface area contributed by atoms with Gasteiger partial charge >= 0.3 is 5.97 Å². The first kappa shape index (κ1) is 18.0. The van der Waals surface area contributed by atoms with Crippen LogP contribution in [-0.4, -0.2) is 24.7 Å². The van der Waals surface area contributed by atoms with Gasteiger partial charge in [0.2, 0.25) is 5.91 Å². The molecule has 0 aliphatic rings. The molecule has 0 saturated heterocycles. The van der Waals surface area contributed by atoms with Gasteiger partial charge in [-0.1, -0.05) is 54.6 Å². The molecule has 0 spiro atoms. The molecule has 0 aliphatic carbocycles. The largest absolute Gasteiger partial charge is 0.465 e. The lowest BCUT2D eigenvalue weighted by Gasteiger charge is -2.10. The Kier molecular flexibility index (Phi) is 5.92. The molecule has 3 aromatic carbocycles. The van der Waals surface area contributed by atoms with Gasteiger partial charge in [0.05, 0.1) is 24.1 Å². The highest BCUT2D eigenvalue weighted by molar-refractivity contribution is 7.99. The van der Waals surface area contributed by atoms with Gasteiger partial charge in [-0.3, -0.25) is 4.79 Å². The van der Waals surface area contributed by atoms with Crippen molar-refractivity contribution >= 4 is 40.1 Å². The molecule has 0 saturated carbocycles. The fourth-order valence-corrected chi connectivity index (χ4v) is 3.57. The lowest BCUT2D eigenvalue weighted by Crippen LogP contribution is -2.17. The van der Waals surface area contributed by atoms with E-state index in [1.165, 1.54) is 23.4 Å². The molecular formula is C21H19NO3S. The van der Waals surface area contributed by atoms with Crippen molar-refractivity contribution in [3.05, 3.63) is 77.9 Å². The number of ether oxygens (including phenoxy) is 1. The highest BCUT2D eigenvalue weighted by Crippen LogP contribution is 2.23. The fourth-order valence-electron chi connectivity index (χ4n) is 2.74. The Morgan fingerprint density at radius 3 is 2.54 bits per heavy atom. The van der Waals surface area contributed by atoms with Gasteiger partial charge in [-0.05, 0) is 28.5 Å². The van der Waals surface area contributed by atoms with E-state index < -0.39 is 5.97 Å². The molecule has 0 radical (unpaired) electrons. The number of hydrogen-bond donors (Lipinski definition) is 1. The van der Waals surface area contributed by atoms with Crippen LogP contribution in [0.1, 0.15) is 15.9 Å². The van der Waals surface area contributed by atoms with E-state index in [4.69, 9.17) is 4.74 Å². The van der Waals surface area contributed by atoms with Crippen molar-refractivity contribution in [3.63, 3.8) is 0 Å². The molecule has 0 aromatic heterocycles. The summed E-state index contributed by atoms with van der Waals surface area (Å²) in [5.74, 6) is 0.433. The zero-order valence-corrected chi connectivity index (χ0v) is 15.2. The number of para-hydroxylation sites is 1. The third-order valence-electron chi connectivity index (χ3n) is 3.98. The number of amides is 1. The van der Waals surface area contributed by atoms with Crippen LogP contribution in [0.3, 0.4) is 0 Å². The van der Waals surface area contributed by atoms with Gasteiger partial charge in [-0.25, -0.2) is 4.79 Å². The van der Waals surface area contributed by atoms with Gasteiger partial charge in [0.15, 0.2) is 0 Å². The van der Waals surface area contributed by atoms with Crippen molar-refractivity contribution in [1.29, 1.82) is 0 Å². The quantitative estimate of drug-likeness (QED) is 0.654. The summed E-state index contributed by atoms with van der Waals surface area (Å²) in [4.78, 5) is 24.0. The summed E-state index contributed by atoms with van der Waals surface area (Å²) in [5.41, 5.74) is 2.02. The maximum absolute atomic E-state index is 12.2. The van der Waals surface area contributed by atoms with Crippen molar-refractivity contribution < 1.29 is 14.3 Å². The van der Waals surface area contributed by atoms with Crippen LogP contribution < -0.4 is 5.32 Å². The molecule has 0 unspecified atom stereocenters. The van der Waals surface area contributed by atoms with Crippen LogP contribution >= 0.6 is 11.8 Å². The third kappa shape index (κ3) is 4.24. The summed E-state index contributed by atoms with van der Waals surface area (Å²) in [7, 11) is 1.32. The molecule has 0 fully saturated rings. The minimum Gasteiger partial charge on any atom is -0.465 e. The predicted molar refractivity (Wildman–Crippen MR) is 107 cm³/mol. The number of carbonyl (C=O) groups is 2. The molecule has 0 bridgehead atoms. The number of thioether (sulfide) groups is 1. The number of carbonyl (C=O) groups excluding carboxylic acids is 2. The number of anilines is 1. The van der Waals surface area contributed by atoms with E-state index >= 15 is 0 Å². The van der Waals surface area contributed by atoms with Gasteiger partial charge in [0, 0.05) is 5.75 Å². The summed E-state index contributed by atoms with van der Waals surface area (Å²) in [5, 5.41) is 5.19. The zero-order chi connectivity index (χ0) is 18.4. The minimum atomic E-state index is -0.468. The maximum atomic E-state index is 12.2. The Morgan fingerprint density at radius 1 is 0.962 bits per heavy atom. The van der Waals surface area contributed by atoms with E-state index in [1.54, 1.807) is 36.0 Å². The molecule has 0 aliphatic heterocycles. The summed E-state index contributed by atoms with van der Waals surface area (Å²) in [6.07, 6.45) is 0. The second-order valence-electron chi connectivity index (χ2n) is 5.72. The number of methoxy groups -OCH3 is 1. The van der Waals surface area contributed by atoms with E-state index in [-0.39, 0.29) is 5.91 Å². The van der Waals surface area contributed by atoms with Crippen LogP contribution in [0, 0.1) is 0 Å². The minimum absolute atomic E-state index is 0.147. The third-order valence-corrected chi connectivity index (χ3v) is 4.96. The molecular weight excluding hydrogens is 346 g/mol. The molecule has 26 heavy (non-hydrogen) atoms. The number of rotatable bonds is 6. The monoisotopic (exact) mass is 365 g/mol. The van der Waals surface area contributed by atoms with Crippen molar-refractivity contribution in [2.24, 2.45) is 0 Å². The molecule has 3 rings (SSSR count). The molecule has 132 valence electrons. The van der Waals surface area contributed by atoms with Crippen LogP contribution in [0.15, 0.2) is 66.7 Å². The summed E-state index contributed by atoms with van der Waals surface area (Å²) >= 11 is 1.54. The van der Waals surface area contributed by atoms with Crippen LogP contribution in [0.2, 0.25) is 0 Å². The van der Waals surface area contributed by atoms with Crippen molar-refractivity contribution in [2.45, 2.75) is 5.75 Å². The molecule has 3 aromatic rings. The van der Waals surface area contributed by atoms with E-state index in [9.17, 15) is 9.59 Å². The van der Waals surface area contributed by atoms with Gasteiger partial charge < -0.3 is 10.1 Å². The van der Waals surface area contributed by atoms with Crippen LogP contribution in [0.4, 0.5) is 5.69 Å². The van der Waals surface area contributed by atoms with E-state index in [1.807, 2.05) is 18.2 Å². The van der Waals surface area contributed by atoms with Gasteiger partial charge in [0.1, 0.15) is 0 Å². The van der Waals surface area contributed by atoms with E-state index in [0.29, 0.717) is 17.0 Å². The Balaban J connectivity index is 1.61. The first-order valence-corrected chi connectivity index (χ1v) is 9.36. The van der Waals surface area contributed by atoms with Crippen molar-refractivity contribution in [2.75, 3.05) is 18.2 Å². The Bertz CT molecular complexity index is 934. The molecule has 4 nitrogen and oxygen atoms in total. The summed E-state index contributed by atoms with van der Waals surface area (Å²) < 4.78 is 4.74. The number of nitrogens with one attached hydrogen (secondary N) is 1. The normalized spacial score (nSPS) is 10.5. The summed E-state index contributed by atoms with van der Waals surface area (Å²) in [6, 6.07) is 21.2. The second-order valence-corrected chi connectivity index (χ2v) is 6.70. The van der Waals surface area contributed by atoms with Gasteiger partial charge in [-0.2, -0.15) is 0 Å². The van der Waals surface area contributed by atoms with Crippen LogP contribution in [0.5, 0.6) is 0 Å². The average Bonchev–Trinajstić information content (AvgIpc) is 2.68. The SMILES string of the molecule is COC(=O)c1ccccc1NC(=O)CSCc1cccc2ccccc12. The van der Waals surface area contributed by atoms with Crippen molar-refractivity contribution in [3.8, 4) is 0 Å². The maximum Gasteiger partial charge on any atom is 0.339 e. The fraction of sp³-hybridized carbons (Fsp3) is 0.143. The second kappa shape index (κ2) is 8.54. The zero-order valence-electron chi connectivity index (χ0n) is 14.4. The summed E-state index contributed by atoms with van der Waals surface area (Å²) in [6.45, 7) is 0. The Labute approximate surface area is 156 Å². The average molecular weight is 365 g/mol. The standard InChI is InChI=1S/C21H19NO3S/c1-25-21(24)18-11-4-5-12-19(18)22-20(23)14-26-13-16-9-6-8-15-7-2-3-10-17(15)16/h2-12H,13-14H2,1H3,(H,22,23). The van der Waals surface area contributed by atoms with Crippen LogP contribution in [-0.2, 0) is 15.3 Å². The van der Waals surface area contributed by atoms with Gasteiger partial charge in [0.25, 0.3) is 0 Å². The van der Waals surface area contributed by atoms with E-state index in [2.05, 4.69) is 29.6 Å². The van der Waals surface area contributed by atoms with Crippen LogP contribution in [0.25, 0.3) is 10.8 Å². The number of hydrogen-bond acceptors (Lipinski definition) is 4. The number of fused-ring (bicyclic) bond motifs is 1. The lowest BCUT2D eigenvalue weighted by molar-refractivity contribution is -0.113. The Hall–Kier alpha value is -2.79. The van der Waals surface area contributed by atoms with Gasteiger partial charge in [-0.15, -0.1) is 11.8 Å². The number of esters is 1. The first-order chi connectivity index (χ1) is 12.7. The molecule has 0 atom stereocenters. The topological polar surface area (TPSA) is 55.4 Å². The molecule has 5 heteroatoms. The number of benzene rings is 3. The predicted octanol–water partition coefficient (Wildman–Crippen LogP) is 4.50. The molecule has 1 N–H and O–H groups in total. The smallest absolute Gasteiger partial charge is 0.339 e. The highest BCUT2D eigenvalue weighted by atomic mass is 32.2. The highest BCUT2D eigenvalue weighted by Gasteiger charge is 2.13. The molecule has 0 heterocycles. The first-order valence-electron chi connectivity index (χ1n) is 8.20. The molecule has 1 amide bonds.